The Morgan fingerprint density at radius 1 is 1.65 bits per heavy atom. The van der Waals surface area contributed by atoms with Crippen LogP contribution in [0.2, 0.25) is 0 Å². The number of nitrogens with zero attached hydrogens (tertiary/aromatic N) is 2. The van der Waals surface area contributed by atoms with Crippen molar-refractivity contribution >= 4 is 23.3 Å². The van der Waals surface area contributed by atoms with E-state index in [9.17, 15) is 9.59 Å². The summed E-state index contributed by atoms with van der Waals surface area (Å²) >= 11 is 1.57. The fraction of sp³-hybridized carbons (Fsp3) is 0.615. The van der Waals surface area contributed by atoms with Crippen molar-refractivity contribution in [1.29, 1.82) is 0 Å². The van der Waals surface area contributed by atoms with Crippen molar-refractivity contribution in [3.05, 3.63) is 16.6 Å². The number of piperidine rings is 1. The van der Waals surface area contributed by atoms with E-state index in [-0.39, 0.29) is 11.9 Å². The monoisotopic (exact) mass is 297 g/mol. The number of carboxylic acid groups (broad SMARTS) is 1. The minimum atomic E-state index is -0.821. The number of aliphatic carboxylic acids is 1. The van der Waals surface area contributed by atoms with Gasteiger partial charge in [0.25, 0.3) is 0 Å². The highest BCUT2D eigenvalue weighted by Crippen LogP contribution is 2.18. The minimum Gasteiger partial charge on any atom is -0.481 e. The van der Waals surface area contributed by atoms with Gasteiger partial charge in [0.1, 0.15) is 0 Å². The second kappa shape index (κ2) is 6.69. The summed E-state index contributed by atoms with van der Waals surface area (Å²) in [6, 6.07) is -0.181. The zero-order valence-electron chi connectivity index (χ0n) is 11.4. The van der Waals surface area contributed by atoms with Crippen LogP contribution in [0.1, 0.15) is 30.7 Å². The first-order valence-electron chi connectivity index (χ1n) is 6.73. The Hall–Kier alpha value is -1.63. The van der Waals surface area contributed by atoms with Crippen molar-refractivity contribution in [2.24, 2.45) is 5.92 Å². The number of carbonyl (C=O) groups excluding carboxylic acids is 1. The van der Waals surface area contributed by atoms with Crippen LogP contribution < -0.4 is 5.32 Å². The molecule has 6 nitrogen and oxygen atoms in total. The molecule has 2 atom stereocenters. The first-order valence-corrected chi connectivity index (χ1v) is 7.61. The van der Waals surface area contributed by atoms with Crippen molar-refractivity contribution in [2.75, 3.05) is 19.6 Å². The maximum Gasteiger partial charge on any atom is 0.317 e. The maximum absolute atomic E-state index is 12.0. The van der Waals surface area contributed by atoms with E-state index in [0.29, 0.717) is 26.1 Å². The third kappa shape index (κ3) is 3.69. The van der Waals surface area contributed by atoms with Gasteiger partial charge in [-0.1, -0.05) is 6.92 Å². The topological polar surface area (TPSA) is 82.5 Å². The Kier molecular flexibility index (Phi) is 4.94. The summed E-state index contributed by atoms with van der Waals surface area (Å²) in [5.41, 5.74) is 0. The molecule has 2 amide bonds. The molecule has 2 rings (SSSR count). The van der Waals surface area contributed by atoms with Gasteiger partial charge in [-0.25, -0.2) is 9.78 Å². The highest BCUT2D eigenvalue weighted by Gasteiger charge is 2.28. The number of hydrogen-bond acceptors (Lipinski definition) is 4. The molecule has 1 aromatic heterocycles. The van der Waals surface area contributed by atoms with Gasteiger partial charge < -0.3 is 15.3 Å². The summed E-state index contributed by atoms with van der Waals surface area (Å²) in [6.07, 6.45) is 3.14. The second-order valence-corrected chi connectivity index (χ2v) is 6.01. The molecular formula is C13H19N3O3S. The number of rotatable bonds is 4. The van der Waals surface area contributed by atoms with Gasteiger partial charge in [-0.05, 0) is 12.8 Å². The van der Waals surface area contributed by atoms with Gasteiger partial charge >= 0.3 is 12.0 Å². The van der Waals surface area contributed by atoms with Gasteiger partial charge in [0, 0.05) is 37.1 Å². The number of likely N-dealkylation sites (tertiary alicyclic amines) is 1. The predicted molar refractivity (Wildman–Crippen MR) is 75.9 cm³/mol. The number of thiazole rings is 1. The van der Waals surface area contributed by atoms with E-state index < -0.39 is 11.9 Å². The van der Waals surface area contributed by atoms with Gasteiger partial charge in [-0.3, -0.25) is 4.79 Å². The van der Waals surface area contributed by atoms with E-state index in [1.165, 1.54) is 0 Å². The van der Waals surface area contributed by atoms with Gasteiger partial charge in [0.2, 0.25) is 0 Å². The fourth-order valence-electron chi connectivity index (χ4n) is 2.28. The van der Waals surface area contributed by atoms with Gasteiger partial charge in [0.15, 0.2) is 0 Å². The molecule has 1 aromatic rings. The molecule has 0 radical (unpaired) electrons. The predicted octanol–water partition coefficient (Wildman–Crippen LogP) is 1.75. The van der Waals surface area contributed by atoms with Crippen molar-refractivity contribution in [1.82, 2.24) is 15.2 Å². The molecule has 20 heavy (non-hydrogen) atoms. The zero-order valence-corrected chi connectivity index (χ0v) is 12.2. The molecule has 1 unspecified atom stereocenters. The van der Waals surface area contributed by atoms with E-state index in [0.717, 1.165) is 11.4 Å². The molecule has 0 aliphatic carbocycles. The number of nitrogens with one attached hydrogen (secondary N) is 1. The van der Waals surface area contributed by atoms with E-state index in [2.05, 4.69) is 10.3 Å². The third-order valence-electron chi connectivity index (χ3n) is 3.49. The summed E-state index contributed by atoms with van der Waals surface area (Å²) < 4.78 is 0. The lowest BCUT2D eigenvalue weighted by Crippen LogP contribution is -2.47. The first kappa shape index (κ1) is 14.8. The Morgan fingerprint density at radius 2 is 2.45 bits per heavy atom. The third-order valence-corrected chi connectivity index (χ3v) is 4.50. The molecule has 1 fully saturated rings. The van der Waals surface area contributed by atoms with Crippen LogP contribution in [0.4, 0.5) is 4.79 Å². The second-order valence-electron chi connectivity index (χ2n) is 5.08. The molecule has 1 aliphatic rings. The molecule has 2 heterocycles. The highest BCUT2D eigenvalue weighted by atomic mass is 32.1. The Morgan fingerprint density at radius 3 is 3.10 bits per heavy atom. The van der Waals surface area contributed by atoms with Crippen LogP contribution >= 0.6 is 11.3 Å². The lowest BCUT2D eigenvalue weighted by molar-refractivity contribution is -0.143. The number of urea groups is 1. The summed E-state index contributed by atoms with van der Waals surface area (Å²) in [6.45, 7) is 3.45. The molecule has 0 bridgehead atoms. The van der Waals surface area contributed by atoms with Crippen LogP contribution in [0, 0.1) is 5.92 Å². The number of amides is 2. The molecule has 0 aromatic carbocycles. The van der Waals surface area contributed by atoms with Crippen LogP contribution in [0.3, 0.4) is 0 Å². The Bertz CT molecular complexity index is 463. The zero-order chi connectivity index (χ0) is 14.5. The maximum atomic E-state index is 12.0. The van der Waals surface area contributed by atoms with Crippen molar-refractivity contribution < 1.29 is 14.7 Å². The first-order chi connectivity index (χ1) is 9.58. The molecular weight excluding hydrogens is 278 g/mol. The van der Waals surface area contributed by atoms with Crippen LogP contribution in [0.5, 0.6) is 0 Å². The SMILES string of the molecule is CC(CNC(=O)N1CCC[C@H](C(=O)O)C1)c1nccs1. The fourth-order valence-corrected chi connectivity index (χ4v) is 2.98. The van der Waals surface area contributed by atoms with Crippen LogP contribution in [-0.2, 0) is 4.79 Å². The van der Waals surface area contributed by atoms with Gasteiger partial charge in [0.05, 0.1) is 10.9 Å². The largest absolute Gasteiger partial charge is 0.481 e. The average Bonchev–Trinajstić information content (AvgIpc) is 2.98. The summed E-state index contributed by atoms with van der Waals surface area (Å²) in [7, 11) is 0. The summed E-state index contributed by atoms with van der Waals surface area (Å²) in [4.78, 5) is 28.8. The highest BCUT2D eigenvalue weighted by molar-refractivity contribution is 7.09. The minimum absolute atomic E-state index is 0.166. The molecule has 0 saturated carbocycles. The van der Waals surface area contributed by atoms with Crippen molar-refractivity contribution in [3.63, 3.8) is 0 Å². The number of hydrogen-bond donors (Lipinski definition) is 2. The molecule has 0 spiro atoms. The Balaban J connectivity index is 1.81. The van der Waals surface area contributed by atoms with Crippen molar-refractivity contribution in [3.8, 4) is 0 Å². The van der Waals surface area contributed by atoms with Gasteiger partial charge in [-0.15, -0.1) is 11.3 Å². The lowest BCUT2D eigenvalue weighted by atomic mass is 9.99. The van der Waals surface area contributed by atoms with Crippen LogP contribution in [0.15, 0.2) is 11.6 Å². The van der Waals surface area contributed by atoms with E-state index in [1.54, 1.807) is 22.4 Å². The van der Waals surface area contributed by atoms with Crippen molar-refractivity contribution in [2.45, 2.75) is 25.7 Å². The van der Waals surface area contributed by atoms with E-state index >= 15 is 0 Å². The molecule has 2 N–H and O–H groups in total. The number of carbonyl (C=O) groups is 2. The molecule has 110 valence electrons. The normalized spacial score (nSPS) is 20.4. The van der Waals surface area contributed by atoms with Crippen LogP contribution in [0.25, 0.3) is 0 Å². The summed E-state index contributed by atoms with van der Waals surface area (Å²) in [5, 5.41) is 14.8. The number of carboxylic acids is 1. The lowest BCUT2D eigenvalue weighted by Gasteiger charge is -2.31. The van der Waals surface area contributed by atoms with E-state index in [1.807, 2.05) is 12.3 Å². The molecule has 1 saturated heterocycles. The van der Waals surface area contributed by atoms with Crippen LogP contribution in [-0.4, -0.2) is 46.6 Å². The Labute approximate surface area is 121 Å². The quantitative estimate of drug-likeness (QED) is 0.887. The number of aromatic nitrogens is 1. The molecule has 7 heteroatoms. The van der Waals surface area contributed by atoms with Gasteiger partial charge in [-0.2, -0.15) is 0 Å². The smallest absolute Gasteiger partial charge is 0.317 e. The summed E-state index contributed by atoms with van der Waals surface area (Å²) in [5.74, 6) is -1.09. The van der Waals surface area contributed by atoms with E-state index in [4.69, 9.17) is 5.11 Å². The standard InChI is InChI=1S/C13H19N3O3S/c1-9(11-14-4-6-20-11)7-15-13(19)16-5-2-3-10(8-16)12(17)18/h4,6,9-10H,2-3,5,7-8H2,1H3,(H,15,19)(H,17,18)/t9?,10-/m0/s1. The molecule has 1 aliphatic heterocycles. The average molecular weight is 297 g/mol.